The van der Waals surface area contributed by atoms with Gasteiger partial charge in [-0.3, -0.25) is 19.2 Å². The van der Waals surface area contributed by atoms with Gasteiger partial charge in [0.15, 0.2) is 17.4 Å². The van der Waals surface area contributed by atoms with Gasteiger partial charge in [0.1, 0.15) is 5.69 Å². The summed E-state index contributed by atoms with van der Waals surface area (Å²) in [6.07, 6.45) is 9.17. The molecule has 0 fully saturated rings. The number of unbranched alkanes of at least 4 members (excludes halogenated alkanes) is 1. The van der Waals surface area contributed by atoms with Gasteiger partial charge in [-0.1, -0.05) is 0 Å². The highest BCUT2D eigenvalue weighted by atomic mass is 16.2. The van der Waals surface area contributed by atoms with Crippen LogP contribution in [-0.4, -0.2) is 72.2 Å². The maximum Gasteiger partial charge on any atom is 0.291 e. The van der Waals surface area contributed by atoms with Gasteiger partial charge in [0.05, 0.1) is 28.5 Å². The number of aromatic nitrogens is 5. The molecule has 4 aromatic heterocycles. The fourth-order valence-electron chi connectivity index (χ4n) is 5.10. The first-order chi connectivity index (χ1) is 20.3. The monoisotopic (exact) mass is 588 g/mol. The summed E-state index contributed by atoms with van der Waals surface area (Å²) in [6, 6.07) is 5.01. The number of ketones is 2. The Labute approximate surface area is 251 Å². The number of Topliss-reactive ketones (excluding diaryl/α,β-unsaturated/α-hetero) is 2. The number of imidazole rings is 1. The summed E-state index contributed by atoms with van der Waals surface area (Å²) < 4.78 is 6.71. The molecule has 0 aliphatic carbocycles. The number of carbonyl (C=O) groups excluding carboxylic acids is 4. The first-order valence-corrected chi connectivity index (χ1v) is 14.1. The van der Waals surface area contributed by atoms with Crippen LogP contribution in [0.25, 0.3) is 0 Å². The van der Waals surface area contributed by atoms with Crippen molar-refractivity contribution in [1.29, 1.82) is 0 Å². The second kappa shape index (κ2) is 13.1. The van der Waals surface area contributed by atoms with Gasteiger partial charge in [-0.15, -0.1) is 0 Å². The average Bonchev–Trinajstić information content (AvgIpc) is 3.67. The number of nitrogens with one attached hydrogen (secondary N) is 2. The minimum absolute atomic E-state index is 0.0385. The molecule has 2 amide bonds. The van der Waals surface area contributed by atoms with Crippen LogP contribution in [0.4, 0.5) is 11.4 Å². The van der Waals surface area contributed by atoms with Crippen LogP contribution in [0.1, 0.15) is 72.6 Å². The zero-order chi connectivity index (χ0) is 31.4. The van der Waals surface area contributed by atoms with Crippen molar-refractivity contribution in [3.8, 4) is 0 Å². The Morgan fingerprint density at radius 2 is 1.30 bits per heavy atom. The number of rotatable bonds is 13. The van der Waals surface area contributed by atoms with Crippen molar-refractivity contribution in [2.75, 3.05) is 31.3 Å². The van der Waals surface area contributed by atoms with Gasteiger partial charge in [-0.05, 0) is 64.2 Å². The molecular formula is C31H40N8O4. The molecule has 0 saturated carbocycles. The molecule has 0 saturated heterocycles. The van der Waals surface area contributed by atoms with Crippen molar-refractivity contribution in [1.82, 2.24) is 28.2 Å². The highest BCUT2D eigenvalue weighted by molar-refractivity contribution is 6.05. The summed E-state index contributed by atoms with van der Waals surface area (Å²) in [5.41, 5.74) is 3.78. The third-order valence-electron chi connectivity index (χ3n) is 7.21. The van der Waals surface area contributed by atoms with Crippen LogP contribution in [0.2, 0.25) is 0 Å². The van der Waals surface area contributed by atoms with E-state index in [0.29, 0.717) is 40.4 Å². The number of hydrogen-bond acceptors (Lipinski definition) is 6. The van der Waals surface area contributed by atoms with Crippen LogP contribution in [0.15, 0.2) is 43.0 Å². The van der Waals surface area contributed by atoms with Crippen molar-refractivity contribution in [2.45, 2.75) is 32.6 Å². The lowest BCUT2D eigenvalue weighted by atomic mass is 10.1. The van der Waals surface area contributed by atoms with E-state index in [2.05, 4.69) is 20.5 Å². The summed E-state index contributed by atoms with van der Waals surface area (Å²) in [5, 5.41) is 5.67. The first-order valence-electron chi connectivity index (χ1n) is 14.1. The van der Waals surface area contributed by atoms with Crippen LogP contribution >= 0.6 is 0 Å². The molecule has 0 aliphatic rings. The average molecular weight is 589 g/mol. The number of nitrogens with zero attached hydrogens (tertiary/aromatic N) is 6. The Morgan fingerprint density at radius 1 is 0.721 bits per heavy atom. The quantitative estimate of drug-likeness (QED) is 0.182. The number of anilines is 2. The van der Waals surface area contributed by atoms with Gasteiger partial charge >= 0.3 is 0 Å². The van der Waals surface area contributed by atoms with Gasteiger partial charge in [0, 0.05) is 65.8 Å². The fourth-order valence-corrected chi connectivity index (χ4v) is 5.10. The predicted octanol–water partition coefficient (Wildman–Crippen LogP) is 3.59. The summed E-state index contributed by atoms with van der Waals surface area (Å²) in [4.78, 5) is 58.0. The highest BCUT2D eigenvalue weighted by Crippen LogP contribution is 2.20. The van der Waals surface area contributed by atoms with Crippen LogP contribution in [0.5, 0.6) is 0 Å². The third kappa shape index (κ3) is 7.58. The molecule has 0 spiro atoms. The normalized spacial score (nSPS) is 11.3. The van der Waals surface area contributed by atoms with Crippen LogP contribution in [-0.2, 0) is 34.6 Å². The Balaban J connectivity index is 1.37. The second-order valence-electron chi connectivity index (χ2n) is 11.3. The molecule has 0 bridgehead atoms. The van der Waals surface area contributed by atoms with Crippen molar-refractivity contribution in [3.63, 3.8) is 0 Å². The van der Waals surface area contributed by atoms with Crippen molar-refractivity contribution in [3.05, 3.63) is 77.2 Å². The highest BCUT2D eigenvalue weighted by Gasteiger charge is 2.20. The van der Waals surface area contributed by atoms with Gasteiger partial charge < -0.3 is 33.8 Å². The van der Waals surface area contributed by atoms with E-state index in [1.807, 2.05) is 21.0 Å². The molecule has 43 heavy (non-hydrogen) atoms. The van der Waals surface area contributed by atoms with Gasteiger partial charge in [0.2, 0.25) is 0 Å². The van der Waals surface area contributed by atoms with E-state index < -0.39 is 0 Å². The molecule has 4 rings (SSSR count). The maximum atomic E-state index is 13.2. The standard InChI is InChI=1S/C31H40N8O4/c1-20-16-39(7)29(32-20)31(43)34-23-15-25(38(6)19-23)28(41)13-21-12-26(36(4)17-21)30(42)33-22-14-24(37(5)18-22)27(40)10-8-9-11-35(2)3/h12,14-19H,8-11,13H2,1-7H3,(H,33,42)(H,34,43). The van der Waals surface area contributed by atoms with Gasteiger partial charge in [-0.25, -0.2) is 4.98 Å². The summed E-state index contributed by atoms with van der Waals surface area (Å²) in [6.45, 7) is 2.74. The molecular weight excluding hydrogens is 548 g/mol. The minimum Gasteiger partial charge on any atom is -0.346 e. The lowest BCUT2D eigenvalue weighted by Crippen LogP contribution is -2.16. The molecule has 0 radical (unpaired) electrons. The molecule has 0 aliphatic heterocycles. The van der Waals surface area contributed by atoms with E-state index in [9.17, 15) is 19.2 Å². The van der Waals surface area contributed by atoms with Crippen molar-refractivity contribution >= 4 is 34.8 Å². The fraction of sp³-hybridized carbons (Fsp3) is 0.387. The van der Waals surface area contributed by atoms with Crippen LogP contribution < -0.4 is 10.6 Å². The van der Waals surface area contributed by atoms with E-state index in [0.717, 1.165) is 25.1 Å². The number of hydrogen-bond donors (Lipinski definition) is 2. The summed E-state index contributed by atoms with van der Waals surface area (Å²) >= 11 is 0. The van der Waals surface area contributed by atoms with E-state index in [1.165, 1.54) is 0 Å². The predicted molar refractivity (Wildman–Crippen MR) is 165 cm³/mol. The first kappa shape index (κ1) is 31.2. The second-order valence-corrected chi connectivity index (χ2v) is 11.3. The van der Waals surface area contributed by atoms with Crippen LogP contribution in [0, 0.1) is 6.92 Å². The topological polar surface area (TPSA) is 128 Å². The van der Waals surface area contributed by atoms with E-state index in [4.69, 9.17) is 0 Å². The van der Waals surface area contributed by atoms with Crippen LogP contribution in [0.3, 0.4) is 0 Å². The van der Waals surface area contributed by atoms with E-state index in [1.54, 1.807) is 89.4 Å². The summed E-state index contributed by atoms with van der Waals surface area (Å²) in [7, 11) is 11.0. The molecule has 0 aromatic carbocycles. The Kier molecular flexibility index (Phi) is 9.50. The van der Waals surface area contributed by atoms with E-state index >= 15 is 0 Å². The number of amides is 2. The zero-order valence-corrected chi connectivity index (χ0v) is 25.9. The largest absolute Gasteiger partial charge is 0.346 e. The molecule has 4 heterocycles. The lowest BCUT2D eigenvalue weighted by molar-refractivity contribution is 0.0966. The summed E-state index contributed by atoms with van der Waals surface area (Å²) in [5.74, 6) is -0.556. The molecule has 12 nitrogen and oxygen atoms in total. The zero-order valence-electron chi connectivity index (χ0n) is 25.9. The Hall–Kier alpha value is -4.71. The lowest BCUT2D eigenvalue weighted by Gasteiger charge is -2.08. The number of aryl methyl sites for hydroxylation is 5. The van der Waals surface area contributed by atoms with E-state index in [-0.39, 0.29) is 35.6 Å². The minimum atomic E-state index is -0.367. The third-order valence-corrected chi connectivity index (χ3v) is 7.21. The SMILES string of the molecule is Cc1cn(C)c(C(=O)Nc2cc(C(=O)Cc3cc(C(=O)Nc4cc(C(=O)CCCCN(C)C)n(C)c4)n(C)c3)n(C)c2)n1. The van der Waals surface area contributed by atoms with Gasteiger partial charge in [0.25, 0.3) is 11.8 Å². The molecule has 12 heteroatoms. The maximum absolute atomic E-state index is 13.2. The van der Waals surface area contributed by atoms with Crippen molar-refractivity contribution in [2.24, 2.45) is 28.2 Å². The number of carbonyl (C=O) groups is 4. The molecule has 4 aromatic rings. The Bertz CT molecular complexity index is 1670. The molecule has 2 N–H and O–H groups in total. The molecule has 0 unspecified atom stereocenters. The van der Waals surface area contributed by atoms with Gasteiger partial charge in [-0.2, -0.15) is 0 Å². The smallest absolute Gasteiger partial charge is 0.291 e. The Morgan fingerprint density at radius 3 is 1.88 bits per heavy atom. The molecule has 0 atom stereocenters. The molecule has 228 valence electrons. The van der Waals surface area contributed by atoms with Crippen molar-refractivity contribution < 1.29 is 19.2 Å².